The zero-order valence-electron chi connectivity index (χ0n) is 15.8. The van der Waals surface area contributed by atoms with Crippen LogP contribution in [0.4, 0.5) is 18.9 Å². The molecule has 1 N–H and O–H groups in total. The second-order valence-electron chi connectivity index (χ2n) is 6.31. The number of alkyl halides is 3. The minimum absolute atomic E-state index is 0.0274. The van der Waals surface area contributed by atoms with Crippen LogP contribution < -0.4 is 4.72 Å². The summed E-state index contributed by atoms with van der Waals surface area (Å²) in [6.45, 7) is 0.0986. The highest BCUT2D eigenvalue weighted by Gasteiger charge is 2.46. The van der Waals surface area contributed by atoms with E-state index in [0.717, 1.165) is 11.6 Å². The Kier molecular flexibility index (Phi) is 6.87. The van der Waals surface area contributed by atoms with Crippen molar-refractivity contribution < 1.29 is 26.4 Å². The maximum Gasteiger partial charge on any atom is 0.516 e. The van der Waals surface area contributed by atoms with E-state index in [-0.39, 0.29) is 28.6 Å². The number of rotatable bonds is 7. The zero-order valence-corrected chi connectivity index (χ0v) is 17.4. The summed E-state index contributed by atoms with van der Waals surface area (Å²) in [6.07, 6.45) is 0. The molecule has 5 nitrogen and oxygen atoms in total. The van der Waals surface area contributed by atoms with Crippen molar-refractivity contribution in [2.45, 2.75) is 12.1 Å². The van der Waals surface area contributed by atoms with Crippen LogP contribution in [0.2, 0.25) is 5.02 Å². The van der Waals surface area contributed by atoms with Gasteiger partial charge in [-0.3, -0.25) is 4.72 Å². The van der Waals surface area contributed by atoms with Crippen LogP contribution >= 0.6 is 11.6 Å². The van der Waals surface area contributed by atoms with Gasteiger partial charge in [-0.25, -0.2) is 0 Å². The Morgan fingerprint density at radius 1 is 0.968 bits per heavy atom. The molecule has 0 fully saturated rings. The van der Waals surface area contributed by atoms with Crippen LogP contribution in [-0.2, 0) is 21.5 Å². The third-order valence-electron chi connectivity index (χ3n) is 4.06. The van der Waals surface area contributed by atoms with Gasteiger partial charge in [0.1, 0.15) is 12.3 Å². The van der Waals surface area contributed by atoms with Crippen LogP contribution in [0.3, 0.4) is 0 Å². The summed E-state index contributed by atoms with van der Waals surface area (Å²) in [5.41, 5.74) is -4.38. The first kappa shape index (κ1) is 22.6. The highest BCUT2D eigenvalue weighted by atomic mass is 35.5. The van der Waals surface area contributed by atoms with E-state index in [2.05, 4.69) is 5.16 Å². The maximum atomic E-state index is 12.9. The van der Waals surface area contributed by atoms with Gasteiger partial charge < -0.3 is 4.84 Å². The summed E-state index contributed by atoms with van der Waals surface area (Å²) in [4.78, 5) is 5.43. The molecule has 31 heavy (non-hydrogen) atoms. The quantitative estimate of drug-likeness (QED) is 0.364. The van der Waals surface area contributed by atoms with Crippen LogP contribution in [0.1, 0.15) is 16.7 Å². The number of anilines is 1. The smallest absolute Gasteiger partial charge is 0.390 e. The molecular formula is C21H16ClF3N2O3S. The fraction of sp³-hybridized carbons (Fsp3) is 0.0952. The number of benzene rings is 3. The number of sulfonamides is 1. The molecule has 0 aliphatic carbocycles. The van der Waals surface area contributed by atoms with Gasteiger partial charge in [-0.05, 0) is 23.8 Å². The summed E-state index contributed by atoms with van der Waals surface area (Å²) in [5.74, 6) is 0. The summed E-state index contributed by atoms with van der Waals surface area (Å²) in [5, 5.41) is 4.27. The Hall–Kier alpha value is -3.04. The van der Waals surface area contributed by atoms with Crippen LogP contribution in [0.5, 0.6) is 0 Å². The van der Waals surface area contributed by atoms with Crippen LogP contribution in [-0.4, -0.2) is 19.6 Å². The van der Waals surface area contributed by atoms with Crippen LogP contribution in [0.25, 0.3) is 0 Å². The molecule has 0 radical (unpaired) electrons. The molecule has 3 rings (SSSR count). The molecule has 0 saturated carbocycles. The molecule has 0 amide bonds. The van der Waals surface area contributed by atoms with Gasteiger partial charge in [0.05, 0.1) is 5.69 Å². The average Bonchev–Trinajstić information content (AvgIpc) is 2.73. The normalized spacial score (nSPS) is 12.5. The number of nitrogens with one attached hydrogen (secondary N) is 1. The Balaban J connectivity index is 2.04. The molecular weight excluding hydrogens is 453 g/mol. The lowest BCUT2D eigenvalue weighted by Crippen LogP contribution is -2.30. The predicted molar refractivity (Wildman–Crippen MR) is 113 cm³/mol. The van der Waals surface area contributed by atoms with Crippen molar-refractivity contribution >= 4 is 33.0 Å². The monoisotopic (exact) mass is 468 g/mol. The van der Waals surface area contributed by atoms with E-state index in [1.807, 2.05) is 30.3 Å². The summed E-state index contributed by atoms with van der Waals surface area (Å²) in [7, 11) is -5.65. The molecule has 0 aromatic heterocycles. The van der Waals surface area contributed by atoms with Gasteiger partial charge in [0, 0.05) is 16.1 Å². The van der Waals surface area contributed by atoms with Crippen molar-refractivity contribution in [3.63, 3.8) is 0 Å². The lowest BCUT2D eigenvalue weighted by atomic mass is 10.0. The Morgan fingerprint density at radius 3 is 2.19 bits per heavy atom. The van der Waals surface area contributed by atoms with E-state index < -0.39 is 15.5 Å². The van der Waals surface area contributed by atoms with Gasteiger partial charge in [-0.2, -0.15) is 21.6 Å². The van der Waals surface area contributed by atoms with E-state index in [4.69, 9.17) is 16.4 Å². The van der Waals surface area contributed by atoms with Crippen molar-refractivity contribution in [1.29, 1.82) is 0 Å². The highest BCUT2D eigenvalue weighted by molar-refractivity contribution is 7.93. The second kappa shape index (κ2) is 9.40. The molecule has 10 heteroatoms. The van der Waals surface area contributed by atoms with E-state index in [0.29, 0.717) is 5.56 Å². The fourth-order valence-electron chi connectivity index (χ4n) is 2.60. The van der Waals surface area contributed by atoms with Crippen molar-refractivity contribution in [3.8, 4) is 0 Å². The van der Waals surface area contributed by atoms with E-state index in [1.54, 1.807) is 35.1 Å². The molecule has 0 unspecified atom stereocenters. The number of hydrogen-bond donors (Lipinski definition) is 1. The number of oxime groups is 1. The lowest BCUT2D eigenvalue weighted by Gasteiger charge is -2.16. The van der Waals surface area contributed by atoms with Crippen molar-refractivity contribution in [2.24, 2.45) is 5.16 Å². The Labute approximate surface area is 182 Å². The highest BCUT2D eigenvalue weighted by Crippen LogP contribution is 2.30. The minimum atomic E-state index is -5.65. The van der Waals surface area contributed by atoms with E-state index >= 15 is 0 Å². The SMILES string of the molecule is O=S(=O)(Nc1ccc(Cl)cc1C(=NOCc1ccccc1)c1ccccc1)C(F)(F)F. The van der Waals surface area contributed by atoms with Crippen LogP contribution in [0.15, 0.2) is 84.0 Å². The number of halogens is 4. The molecule has 162 valence electrons. The molecule has 0 atom stereocenters. The molecule has 3 aromatic carbocycles. The van der Waals surface area contributed by atoms with Gasteiger partial charge in [0.25, 0.3) is 0 Å². The van der Waals surface area contributed by atoms with Crippen LogP contribution in [0, 0.1) is 0 Å². The summed E-state index contributed by atoms with van der Waals surface area (Å²) in [6, 6.07) is 21.3. The fourth-order valence-corrected chi connectivity index (χ4v) is 3.36. The van der Waals surface area contributed by atoms with E-state index in [1.165, 1.54) is 12.1 Å². The van der Waals surface area contributed by atoms with Crippen molar-refractivity contribution in [2.75, 3.05) is 4.72 Å². The molecule has 0 bridgehead atoms. The molecule has 0 saturated heterocycles. The molecule has 0 aliphatic rings. The van der Waals surface area contributed by atoms with Gasteiger partial charge in [0.2, 0.25) is 0 Å². The molecule has 0 aliphatic heterocycles. The molecule has 0 heterocycles. The van der Waals surface area contributed by atoms with E-state index in [9.17, 15) is 21.6 Å². The zero-order chi connectivity index (χ0) is 22.5. The Morgan fingerprint density at radius 2 is 1.58 bits per heavy atom. The second-order valence-corrected chi connectivity index (χ2v) is 8.42. The van der Waals surface area contributed by atoms with Crippen molar-refractivity contribution in [1.82, 2.24) is 0 Å². The van der Waals surface area contributed by atoms with Crippen molar-refractivity contribution in [3.05, 3.63) is 101 Å². The number of nitrogens with zero attached hydrogens (tertiary/aromatic N) is 1. The van der Waals surface area contributed by atoms with Gasteiger partial charge in [0.15, 0.2) is 0 Å². The maximum absolute atomic E-state index is 12.9. The standard InChI is InChI=1S/C21H16ClF3N2O3S/c22-17-11-12-19(27-31(28,29)21(23,24)25)18(13-17)20(16-9-5-2-6-10-16)26-30-14-15-7-3-1-4-8-15/h1-13,27H,14H2. The van der Waals surface area contributed by atoms with Gasteiger partial charge >= 0.3 is 15.5 Å². The lowest BCUT2D eigenvalue weighted by molar-refractivity contribution is -0.0429. The van der Waals surface area contributed by atoms with Gasteiger partial charge in [-0.15, -0.1) is 0 Å². The average molecular weight is 469 g/mol. The summed E-state index contributed by atoms with van der Waals surface area (Å²) >= 11 is 6.04. The molecule has 3 aromatic rings. The molecule has 0 spiro atoms. The largest absolute Gasteiger partial charge is 0.516 e. The third kappa shape index (κ3) is 5.77. The Bertz CT molecular complexity index is 1170. The third-order valence-corrected chi connectivity index (χ3v) is 5.40. The summed E-state index contributed by atoms with van der Waals surface area (Å²) < 4.78 is 63.7. The minimum Gasteiger partial charge on any atom is -0.390 e. The first-order valence-electron chi connectivity index (χ1n) is 8.86. The number of hydrogen-bond acceptors (Lipinski definition) is 4. The first-order chi connectivity index (χ1) is 14.7. The van der Waals surface area contributed by atoms with Gasteiger partial charge in [-0.1, -0.05) is 77.4 Å². The first-order valence-corrected chi connectivity index (χ1v) is 10.7. The topological polar surface area (TPSA) is 67.8 Å². The predicted octanol–water partition coefficient (Wildman–Crippen LogP) is 5.57.